The summed E-state index contributed by atoms with van der Waals surface area (Å²) in [6, 6.07) is 0. The summed E-state index contributed by atoms with van der Waals surface area (Å²) in [5.74, 6) is -1.85. The lowest BCUT2D eigenvalue weighted by Crippen LogP contribution is -2.31. The van der Waals surface area contributed by atoms with Gasteiger partial charge in [0.05, 0.1) is 19.3 Å². The first kappa shape index (κ1) is 27.1. The predicted octanol–water partition coefficient (Wildman–Crippen LogP) is -2.03. The van der Waals surface area contributed by atoms with Gasteiger partial charge in [-0.3, -0.25) is 14.4 Å². The summed E-state index contributed by atoms with van der Waals surface area (Å²) >= 11 is 0. The van der Waals surface area contributed by atoms with Crippen LogP contribution in [-0.4, -0.2) is 104 Å². The van der Waals surface area contributed by atoms with Crippen LogP contribution in [0.1, 0.15) is 19.3 Å². The monoisotopic (exact) mass is 428 g/mol. The fraction of sp³-hybridized carbons (Fsp3) is 0.812. The Bertz CT molecular complexity index is 485. The summed E-state index contributed by atoms with van der Waals surface area (Å²) in [5, 5.41) is 34.3. The Morgan fingerprint density at radius 3 is 1.90 bits per heavy atom. The zero-order chi connectivity index (χ0) is 22.6. The lowest BCUT2D eigenvalue weighted by atomic mass is 10.2. The van der Waals surface area contributed by atoms with Gasteiger partial charge >= 0.3 is 17.9 Å². The molecule has 13 nitrogen and oxygen atoms in total. The number of aliphatic hydroxyl groups excluding tert-OH is 3. The molecule has 6 unspecified atom stereocenters. The molecular formula is C16H28O13. The summed E-state index contributed by atoms with van der Waals surface area (Å²) in [6.07, 6.45) is -5.16. The Morgan fingerprint density at radius 2 is 1.62 bits per heavy atom. The molecule has 29 heavy (non-hydrogen) atoms. The molecule has 13 heteroatoms. The van der Waals surface area contributed by atoms with Crippen LogP contribution < -0.4 is 0 Å². The summed E-state index contributed by atoms with van der Waals surface area (Å²) < 4.78 is 27.7. The van der Waals surface area contributed by atoms with Crippen molar-refractivity contribution in [2.24, 2.45) is 0 Å². The van der Waals surface area contributed by atoms with Gasteiger partial charge in [0.15, 0.2) is 6.29 Å². The number of carbonyl (C=O) groups is 3. The van der Waals surface area contributed by atoms with E-state index >= 15 is 0 Å². The summed E-state index contributed by atoms with van der Waals surface area (Å²) in [4.78, 5) is 30.9. The second-order valence-corrected chi connectivity index (χ2v) is 5.72. The second kappa shape index (κ2) is 14.2. The summed E-state index contributed by atoms with van der Waals surface area (Å²) in [7, 11) is 5.60. The van der Waals surface area contributed by atoms with Crippen LogP contribution in [0.5, 0.6) is 0 Å². The van der Waals surface area contributed by atoms with Crippen molar-refractivity contribution in [3.05, 3.63) is 0 Å². The molecule has 2 heterocycles. The van der Waals surface area contributed by atoms with E-state index < -0.39 is 43.0 Å². The van der Waals surface area contributed by atoms with E-state index in [9.17, 15) is 14.4 Å². The molecule has 6 atom stereocenters. The summed E-state index contributed by atoms with van der Waals surface area (Å²) in [6.45, 7) is 0. The lowest BCUT2D eigenvalue weighted by Gasteiger charge is -2.17. The Kier molecular flexibility index (Phi) is 13.3. The quantitative estimate of drug-likeness (QED) is 0.257. The molecule has 0 bridgehead atoms. The molecule has 0 aromatic heterocycles. The van der Waals surface area contributed by atoms with Gasteiger partial charge in [-0.2, -0.15) is 0 Å². The van der Waals surface area contributed by atoms with Crippen LogP contribution >= 0.6 is 0 Å². The highest BCUT2D eigenvalue weighted by Crippen LogP contribution is 2.17. The number of carboxylic acid groups (broad SMARTS) is 1. The number of ether oxygens (including phenoxy) is 6. The molecule has 0 aliphatic carbocycles. The van der Waals surface area contributed by atoms with Gasteiger partial charge < -0.3 is 48.8 Å². The van der Waals surface area contributed by atoms with Crippen LogP contribution in [0.4, 0.5) is 0 Å². The first-order valence-electron chi connectivity index (χ1n) is 8.35. The largest absolute Gasteiger partial charge is 0.481 e. The van der Waals surface area contributed by atoms with Gasteiger partial charge in [-0.15, -0.1) is 0 Å². The Labute approximate surface area is 167 Å². The maximum Gasteiger partial charge on any atom is 0.311 e. The van der Waals surface area contributed by atoms with E-state index in [1.807, 2.05) is 0 Å². The number of carbonyl (C=O) groups excluding carboxylic acids is 2. The van der Waals surface area contributed by atoms with E-state index in [4.69, 9.17) is 34.6 Å². The fourth-order valence-corrected chi connectivity index (χ4v) is 2.07. The normalized spacial score (nSPS) is 27.6. The SMILES string of the molecule is COC(O)C(CC(=O)O)OC.COC1CC(=O)OC1OC.O=C1CC(O)C(O)O1. The van der Waals surface area contributed by atoms with Crippen molar-refractivity contribution in [1.29, 1.82) is 0 Å². The fourth-order valence-electron chi connectivity index (χ4n) is 2.07. The van der Waals surface area contributed by atoms with Crippen molar-refractivity contribution in [1.82, 2.24) is 0 Å². The number of cyclic esters (lactones) is 2. The van der Waals surface area contributed by atoms with Crippen molar-refractivity contribution in [3.8, 4) is 0 Å². The van der Waals surface area contributed by atoms with Gasteiger partial charge in [0.2, 0.25) is 12.6 Å². The molecule has 2 rings (SSSR count). The number of hydrogen-bond acceptors (Lipinski definition) is 12. The average molecular weight is 428 g/mol. The zero-order valence-corrected chi connectivity index (χ0v) is 16.5. The Hall–Kier alpha value is -1.87. The average Bonchev–Trinajstić information content (AvgIpc) is 3.19. The van der Waals surface area contributed by atoms with Crippen LogP contribution in [0.2, 0.25) is 0 Å². The van der Waals surface area contributed by atoms with E-state index in [0.717, 1.165) is 0 Å². The Morgan fingerprint density at radius 1 is 1.03 bits per heavy atom. The lowest BCUT2D eigenvalue weighted by molar-refractivity contribution is -0.168. The molecule has 0 saturated carbocycles. The van der Waals surface area contributed by atoms with Gasteiger partial charge in [-0.1, -0.05) is 0 Å². The number of methoxy groups -OCH3 is 4. The molecule has 2 aliphatic rings. The van der Waals surface area contributed by atoms with Crippen LogP contribution in [0.15, 0.2) is 0 Å². The number of aliphatic carboxylic acids is 1. The van der Waals surface area contributed by atoms with E-state index in [0.29, 0.717) is 0 Å². The van der Waals surface area contributed by atoms with E-state index in [1.54, 1.807) is 0 Å². The zero-order valence-electron chi connectivity index (χ0n) is 16.5. The molecule has 2 fully saturated rings. The third-order valence-electron chi connectivity index (χ3n) is 3.65. The van der Waals surface area contributed by atoms with Crippen LogP contribution in [0.3, 0.4) is 0 Å². The highest BCUT2D eigenvalue weighted by Gasteiger charge is 2.34. The number of carboxylic acids is 1. The minimum Gasteiger partial charge on any atom is -0.481 e. The smallest absolute Gasteiger partial charge is 0.311 e. The van der Waals surface area contributed by atoms with Gasteiger partial charge in [-0.25, -0.2) is 0 Å². The molecule has 0 aromatic rings. The second-order valence-electron chi connectivity index (χ2n) is 5.72. The molecule has 0 radical (unpaired) electrons. The highest BCUT2D eigenvalue weighted by molar-refractivity contribution is 5.72. The number of aliphatic hydroxyl groups is 3. The molecule has 2 saturated heterocycles. The van der Waals surface area contributed by atoms with Crippen molar-refractivity contribution < 1.29 is 63.2 Å². The number of hydrogen-bond donors (Lipinski definition) is 4. The van der Waals surface area contributed by atoms with Crippen LogP contribution in [0.25, 0.3) is 0 Å². The molecule has 0 amide bonds. The van der Waals surface area contributed by atoms with Gasteiger partial charge in [0, 0.05) is 28.4 Å². The molecule has 0 aromatic carbocycles. The van der Waals surface area contributed by atoms with Gasteiger partial charge in [0.1, 0.15) is 18.3 Å². The van der Waals surface area contributed by atoms with Crippen LogP contribution in [0, 0.1) is 0 Å². The topological polar surface area (TPSA) is 188 Å². The number of esters is 2. The first-order valence-corrected chi connectivity index (χ1v) is 8.35. The molecule has 2 aliphatic heterocycles. The maximum atomic E-state index is 10.6. The van der Waals surface area contributed by atoms with E-state index in [2.05, 4.69) is 14.2 Å². The third kappa shape index (κ3) is 10.5. The third-order valence-corrected chi connectivity index (χ3v) is 3.65. The molecule has 0 spiro atoms. The minimum atomic E-state index is -1.30. The van der Waals surface area contributed by atoms with Crippen molar-refractivity contribution >= 4 is 17.9 Å². The van der Waals surface area contributed by atoms with Crippen molar-refractivity contribution in [3.63, 3.8) is 0 Å². The van der Waals surface area contributed by atoms with Crippen molar-refractivity contribution in [2.75, 3.05) is 28.4 Å². The molecular weight excluding hydrogens is 400 g/mol. The number of rotatable bonds is 7. The minimum absolute atomic E-state index is 0.0961. The van der Waals surface area contributed by atoms with Gasteiger partial charge in [0.25, 0.3) is 0 Å². The van der Waals surface area contributed by atoms with Gasteiger partial charge in [-0.05, 0) is 0 Å². The van der Waals surface area contributed by atoms with Crippen molar-refractivity contribution in [2.45, 2.75) is 56.4 Å². The standard InChI is InChI=1S/C6H12O5.C6H10O4.C4H6O4/c1-10-4(3-5(7)8)6(9)11-2;1-8-4-3-5(7)10-6(4)9-2;5-2-1-3(6)8-4(2)7/h4,6,9H,3H2,1-2H3,(H,7,8);4,6H,3H2,1-2H3;2,4-5,7H,1H2. The first-order chi connectivity index (χ1) is 13.6. The van der Waals surface area contributed by atoms with E-state index in [-0.39, 0.29) is 31.3 Å². The molecule has 4 N–H and O–H groups in total. The van der Waals surface area contributed by atoms with E-state index in [1.165, 1.54) is 28.4 Å². The predicted molar refractivity (Wildman–Crippen MR) is 91.1 cm³/mol. The molecule has 170 valence electrons. The maximum absolute atomic E-state index is 10.6. The Balaban J connectivity index is 0.000000410. The summed E-state index contributed by atoms with van der Waals surface area (Å²) in [5.41, 5.74) is 0. The highest BCUT2D eigenvalue weighted by atomic mass is 16.7. The van der Waals surface area contributed by atoms with Crippen LogP contribution in [-0.2, 0) is 42.8 Å².